The SMILES string of the molecule is CC(=O)N(C)CCCCN(CCOCCN(C)C(C)=O)C(C)C. The smallest absolute Gasteiger partial charge is 0.219 e. The van der Waals surface area contributed by atoms with Gasteiger partial charge in [0.1, 0.15) is 0 Å². The van der Waals surface area contributed by atoms with Crippen LogP contribution in [-0.2, 0) is 14.3 Å². The number of rotatable bonds is 12. The molecule has 0 aliphatic heterocycles. The van der Waals surface area contributed by atoms with Crippen LogP contribution in [0.3, 0.4) is 0 Å². The number of ether oxygens (including phenoxy) is 1. The molecule has 0 aliphatic rings. The Morgan fingerprint density at radius 1 is 0.826 bits per heavy atom. The third-order valence-corrected chi connectivity index (χ3v) is 4.09. The topological polar surface area (TPSA) is 53.1 Å². The van der Waals surface area contributed by atoms with Gasteiger partial charge in [0, 0.05) is 53.6 Å². The number of likely N-dealkylation sites (N-methyl/N-ethyl adjacent to an activating group) is 1. The highest BCUT2D eigenvalue weighted by atomic mass is 16.5. The van der Waals surface area contributed by atoms with E-state index in [0.29, 0.717) is 25.8 Å². The fraction of sp³-hybridized carbons (Fsp3) is 0.882. The lowest BCUT2D eigenvalue weighted by molar-refractivity contribution is -0.128. The Morgan fingerprint density at radius 3 is 1.83 bits per heavy atom. The molecule has 0 spiro atoms. The Labute approximate surface area is 141 Å². The van der Waals surface area contributed by atoms with Crippen molar-refractivity contribution in [1.29, 1.82) is 0 Å². The molecular formula is C17H35N3O3. The van der Waals surface area contributed by atoms with Crippen molar-refractivity contribution in [2.24, 2.45) is 0 Å². The maximum Gasteiger partial charge on any atom is 0.219 e. The van der Waals surface area contributed by atoms with Crippen molar-refractivity contribution >= 4 is 11.8 Å². The zero-order valence-electron chi connectivity index (χ0n) is 15.8. The largest absolute Gasteiger partial charge is 0.378 e. The van der Waals surface area contributed by atoms with Crippen LogP contribution in [-0.4, -0.2) is 86.0 Å². The number of carbonyl (C=O) groups is 2. The van der Waals surface area contributed by atoms with Crippen molar-refractivity contribution in [3.05, 3.63) is 0 Å². The summed E-state index contributed by atoms with van der Waals surface area (Å²) in [5.41, 5.74) is 0. The van der Waals surface area contributed by atoms with Gasteiger partial charge >= 0.3 is 0 Å². The molecule has 0 aromatic heterocycles. The van der Waals surface area contributed by atoms with E-state index < -0.39 is 0 Å². The first kappa shape index (κ1) is 21.9. The molecule has 0 bridgehead atoms. The molecule has 136 valence electrons. The molecule has 0 fully saturated rings. The Balaban J connectivity index is 3.82. The van der Waals surface area contributed by atoms with Crippen molar-refractivity contribution in [3.63, 3.8) is 0 Å². The minimum atomic E-state index is 0.0629. The molecule has 0 N–H and O–H groups in total. The van der Waals surface area contributed by atoms with E-state index in [1.54, 1.807) is 30.7 Å². The molecule has 0 aliphatic carbocycles. The second-order valence-corrected chi connectivity index (χ2v) is 6.33. The molecule has 0 aromatic rings. The summed E-state index contributed by atoms with van der Waals surface area (Å²) < 4.78 is 5.62. The Kier molecular flexibility index (Phi) is 11.7. The van der Waals surface area contributed by atoms with Gasteiger partial charge in [-0.05, 0) is 33.2 Å². The maximum atomic E-state index is 11.1. The van der Waals surface area contributed by atoms with Crippen LogP contribution in [0.15, 0.2) is 0 Å². The highest BCUT2D eigenvalue weighted by Crippen LogP contribution is 2.03. The van der Waals surface area contributed by atoms with Gasteiger partial charge < -0.3 is 14.5 Å². The number of hydrogen-bond acceptors (Lipinski definition) is 4. The molecular weight excluding hydrogens is 294 g/mol. The van der Waals surface area contributed by atoms with Crippen molar-refractivity contribution in [3.8, 4) is 0 Å². The summed E-state index contributed by atoms with van der Waals surface area (Å²) in [6.45, 7) is 12.1. The van der Waals surface area contributed by atoms with Crippen LogP contribution in [0, 0.1) is 0 Å². The maximum absolute atomic E-state index is 11.1. The van der Waals surface area contributed by atoms with Crippen LogP contribution in [0.5, 0.6) is 0 Å². The molecule has 0 atom stereocenters. The first-order chi connectivity index (χ1) is 10.8. The number of unbranched alkanes of at least 4 members (excludes halogenated alkanes) is 1. The van der Waals surface area contributed by atoms with Gasteiger partial charge in [-0.15, -0.1) is 0 Å². The quantitative estimate of drug-likeness (QED) is 0.509. The summed E-state index contributed by atoms with van der Waals surface area (Å²) in [5.74, 6) is 0.183. The first-order valence-corrected chi connectivity index (χ1v) is 8.51. The van der Waals surface area contributed by atoms with Crippen molar-refractivity contribution < 1.29 is 14.3 Å². The zero-order chi connectivity index (χ0) is 17.8. The van der Waals surface area contributed by atoms with E-state index in [1.165, 1.54) is 0 Å². The van der Waals surface area contributed by atoms with E-state index >= 15 is 0 Å². The van der Waals surface area contributed by atoms with Gasteiger partial charge in [0.05, 0.1) is 13.2 Å². The molecule has 6 heteroatoms. The minimum Gasteiger partial charge on any atom is -0.378 e. The highest BCUT2D eigenvalue weighted by molar-refractivity contribution is 5.73. The van der Waals surface area contributed by atoms with E-state index in [9.17, 15) is 9.59 Å². The zero-order valence-corrected chi connectivity index (χ0v) is 15.8. The fourth-order valence-electron chi connectivity index (χ4n) is 2.09. The van der Waals surface area contributed by atoms with Crippen molar-refractivity contribution in [2.75, 3.05) is 53.5 Å². The Hall–Kier alpha value is -1.14. The lowest BCUT2D eigenvalue weighted by Crippen LogP contribution is -2.36. The van der Waals surface area contributed by atoms with E-state index in [4.69, 9.17) is 4.74 Å². The molecule has 0 rings (SSSR count). The average molecular weight is 329 g/mol. The standard InChI is InChI=1S/C17H35N3O3/c1-15(2)20(10-8-7-9-18(5)16(3)21)12-14-23-13-11-19(6)17(4)22/h15H,7-14H2,1-6H3. The van der Waals surface area contributed by atoms with E-state index in [-0.39, 0.29) is 11.8 Å². The summed E-state index contributed by atoms with van der Waals surface area (Å²) in [4.78, 5) is 28.0. The Morgan fingerprint density at radius 2 is 1.30 bits per heavy atom. The van der Waals surface area contributed by atoms with Gasteiger partial charge in [0.2, 0.25) is 11.8 Å². The van der Waals surface area contributed by atoms with Gasteiger partial charge in [0.25, 0.3) is 0 Å². The number of nitrogens with zero attached hydrogens (tertiary/aromatic N) is 3. The van der Waals surface area contributed by atoms with Crippen LogP contribution >= 0.6 is 0 Å². The monoisotopic (exact) mass is 329 g/mol. The molecule has 0 unspecified atom stereocenters. The van der Waals surface area contributed by atoms with Crippen LogP contribution in [0.25, 0.3) is 0 Å². The summed E-state index contributed by atoms with van der Waals surface area (Å²) in [6, 6.07) is 0.476. The normalized spacial score (nSPS) is 11.1. The van der Waals surface area contributed by atoms with Gasteiger partial charge in [-0.1, -0.05) is 0 Å². The average Bonchev–Trinajstić information content (AvgIpc) is 2.47. The second kappa shape index (κ2) is 12.3. The van der Waals surface area contributed by atoms with Gasteiger partial charge in [-0.3, -0.25) is 14.5 Å². The molecule has 0 saturated carbocycles. The van der Waals surface area contributed by atoms with Crippen molar-refractivity contribution in [1.82, 2.24) is 14.7 Å². The van der Waals surface area contributed by atoms with Crippen LogP contribution in [0.1, 0.15) is 40.5 Å². The fourth-order valence-corrected chi connectivity index (χ4v) is 2.09. The molecule has 0 heterocycles. The van der Waals surface area contributed by atoms with Crippen LogP contribution in [0.2, 0.25) is 0 Å². The predicted molar refractivity (Wildman–Crippen MR) is 93.4 cm³/mol. The molecule has 0 saturated heterocycles. The molecule has 23 heavy (non-hydrogen) atoms. The van der Waals surface area contributed by atoms with Gasteiger partial charge in [0.15, 0.2) is 0 Å². The number of hydrogen-bond donors (Lipinski definition) is 0. The van der Waals surface area contributed by atoms with Gasteiger partial charge in [-0.2, -0.15) is 0 Å². The molecule has 0 aromatic carbocycles. The van der Waals surface area contributed by atoms with E-state index in [0.717, 1.165) is 32.5 Å². The summed E-state index contributed by atoms with van der Waals surface area (Å²) in [7, 11) is 3.62. The first-order valence-electron chi connectivity index (χ1n) is 8.51. The van der Waals surface area contributed by atoms with E-state index in [2.05, 4.69) is 18.7 Å². The van der Waals surface area contributed by atoms with Gasteiger partial charge in [-0.25, -0.2) is 0 Å². The second-order valence-electron chi connectivity index (χ2n) is 6.33. The molecule has 0 radical (unpaired) electrons. The number of amides is 2. The number of carbonyl (C=O) groups excluding carboxylic acids is 2. The summed E-state index contributed by atoms with van der Waals surface area (Å²) in [5, 5.41) is 0. The predicted octanol–water partition coefficient (Wildman–Crippen LogP) is 1.45. The third-order valence-electron chi connectivity index (χ3n) is 4.09. The Bertz CT molecular complexity index is 348. The third kappa shape index (κ3) is 11.1. The minimum absolute atomic E-state index is 0.0629. The molecule has 6 nitrogen and oxygen atoms in total. The van der Waals surface area contributed by atoms with E-state index in [1.807, 2.05) is 7.05 Å². The lowest BCUT2D eigenvalue weighted by atomic mass is 10.2. The summed E-state index contributed by atoms with van der Waals surface area (Å²) in [6.07, 6.45) is 2.09. The van der Waals surface area contributed by atoms with Crippen molar-refractivity contribution in [2.45, 2.75) is 46.6 Å². The summed E-state index contributed by atoms with van der Waals surface area (Å²) >= 11 is 0. The lowest BCUT2D eigenvalue weighted by Gasteiger charge is -2.27. The highest BCUT2D eigenvalue weighted by Gasteiger charge is 2.10. The van der Waals surface area contributed by atoms with Crippen LogP contribution in [0.4, 0.5) is 0 Å². The molecule has 2 amide bonds. The van der Waals surface area contributed by atoms with Crippen LogP contribution < -0.4 is 0 Å².